The number of hydrogen-bond donors (Lipinski definition) is 0. The molecule has 22 heavy (non-hydrogen) atoms. The average molecular weight is 335 g/mol. The fraction of sp³-hybridized carbons (Fsp3) is 0.412. The molecule has 3 nitrogen and oxygen atoms in total. The number of nitrogens with zero attached hydrogens (tertiary/aromatic N) is 1. The summed E-state index contributed by atoms with van der Waals surface area (Å²) in [5, 5.41) is 2.03. The molecule has 0 aliphatic carbocycles. The monoisotopic (exact) mass is 335 g/mol. The highest BCUT2D eigenvalue weighted by Crippen LogP contribution is 2.35. The summed E-state index contributed by atoms with van der Waals surface area (Å²) in [5.41, 5.74) is 0.858. The van der Waals surface area contributed by atoms with Crippen molar-refractivity contribution in [2.24, 2.45) is 0 Å². The molecular weight excluding hydrogens is 314 g/mol. The van der Waals surface area contributed by atoms with E-state index in [1.807, 2.05) is 41.8 Å². The van der Waals surface area contributed by atoms with Gasteiger partial charge in [-0.25, -0.2) is 8.42 Å². The van der Waals surface area contributed by atoms with E-state index in [1.165, 1.54) is 4.88 Å². The van der Waals surface area contributed by atoms with Crippen molar-refractivity contribution in [3.8, 4) is 0 Å². The molecule has 0 spiro atoms. The average Bonchev–Trinajstić information content (AvgIpc) is 2.91. The van der Waals surface area contributed by atoms with Gasteiger partial charge < -0.3 is 0 Å². The van der Waals surface area contributed by atoms with Gasteiger partial charge in [-0.15, -0.1) is 11.3 Å². The molecule has 3 rings (SSSR count). The van der Waals surface area contributed by atoms with Crippen LogP contribution >= 0.6 is 11.3 Å². The van der Waals surface area contributed by atoms with Crippen molar-refractivity contribution in [2.75, 3.05) is 6.54 Å². The topological polar surface area (TPSA) is 37.4 Å². The van der Waals surface area contributed by atoms with Gasteiger partial charge in [0.25, 0.3) is 0 Å². The molecule has 1 saturated heterocycles. The van der Waals surface area contributed by atoms with E-state index >= 15 is 0 Å². The first-order chi connectivity index (χ1) is 10.7. The Hall–Kier alpha value is -1.17. The molecule has 118 valence electrons. The van der Waals surface area contributed by atoms with E-state index in [2.05, 4.69) is 6.07 Å². The zero-order valence-electron chi connectivity index (χ0n) is 12.5. The molecule has 1 fully saturated rings. The Balaban J connectivity index is 1.88. The van der Waals surface area contributed by atoms with Crippen LogP contribution in [0, 0.1) is 0 Å². The van der Waals surface area contributed by atoms with Crippen LogP contribution in [0.2, 0.25) is 0 Å². The normalized spacial score (nSPS) is 20.6. The van der Waals surface area contributed by atoms with Crippen molar-refractivity contribution < 1.29 is 8.42 Å². The van der Waals surface area contributed by atoms with Crippen LogP contribution in [-0.4, -0.2) is 19.3 Å². The number of hydrogen-bond acceptors (Lipinski definition) is 3. The van der Waals surface area contributed by atoms with E-state index in [9.17, 15) is 8.42 Å². The van der Waals surface area contributed by atoms with Crippen molar-refractivity contribution in [1.82, 2.24) is 4.31 Å². The summed E-state index contributed by atoms with van der Waals surface area (Å²) in [6.45, 7) is 0.637. The fourth-order valence-corrected chi connectivity index (χ4v) is 5.78. The van der Waals surface area contributed by atoms with E-state index in [0.29, 0.717) is 6.54 Å². The minimum absolute atomic E-state index is 0.0104. The summed E-state index contributed by atoms with van der Waals surface area (Å²) in [6, 6.07) is 13.5. The van der Waals surface area contributed by atoms with Gasteiger partial charge in [0.05, 0.1) is 11.8 Å². The second-order valence-corrected chi connectivity index (χ2v) is 8.63. The van der Waals surface area contributed by atoms with Gasteiger partial charge in [0, 0.05) is 11.4 Å². The van der Waals surface area contributed by atoms with Gasteiger partial charge in [0.1, 0.15) is 0 Å². The fourth-order valence-electron chi connectivity index (χ4n) is 3.05. The number of rotatable bonds is 4. The molecule has 0 N–H and O–H groups in total. The summed E-state index contributed by atoms with van der Waals surface area (Å²) >= 11 is 1.66. The first-order valence-electron chi connectivity index (χ1n) is 7.74. The molecule has 1 atom stereocenters. The lowest BCUT2D eigenvalue weighted by Gasteiger charge is -2.28. The van der Waals surface area contributed by atoms with Gasteiger partial charge in [0.2, 0.25) is 10.0 Å². The van der Waals surface area contributed by atoms with Gasteiger partial charge in [-0.3, -0.25) is 0 Å². The summed E-state index contributed by atoms with van der Waals surface area (Å²) in [5.74, 6) is 0.0930. The molecule has 1 aromatic carbocycles. The van der Waals surface area contributed by atoms with Crippen molar-refractivity contribution in [1.29, 1.82) is 0 Å². The Morgan fingerprint density at radius 2 is 1.86 bits per heavy atom. The maximum absolute atomic E-state index is 12.9. The zero-order valence-corrected chi connectivity index (χ0v) is 14.2. The van der Waals surface area contributed by atoms with Crippen LogP contribution in [0.1, 0.15) is 42.2 Å². The van der Waals surface area contributed by atoms with Gasteiger partial charge in [0.15, 0.2) is 0 Å². The third-order valence-electron chi connectivity index (χ3n) is 4.12. The van der Waals surface area contributed by atoms with Crippen molar-refractivity contribution >= 4 is 21.4 Å². The standard InChI is InChI=1S/C17H21NO2S2/c19-22(20,14-15-8-3-1-4-9-15)18-12-6-2-5-10-16(18)17-11-7-13-21-17/h1,3-4,7-9,11,13,16H,2,5-6,10,12,14H2/t16-/m0/s1. The summed E-state index contributed by atoms with van der Waals surface area (Å²) < 4.78 is 27.6. The molecule has 0 radical (unpaired) electrons. The highest BCUT2D eigenvalue weighted by Gasteiger charge is 2.32. The molecule has 0 amide bonds. The minimum atomic E-state index is -3.29. The minimum Gasteiger partial charge on any atom is -0.212 e. The third-order valence-corrected chi connectivity index (χ3v) is 6.95. The molecule has 0 unspecified atom stereocenters. The predicted octanol–water partition coefficient (Wildman–Crippen LogP) is 4.20. The molecule has 1 aliphatic heterocycles. The Morgan fingerprint density at radius 1 is 1.05 bits per heavy atom. The van der Waals surface area contributed by atoms with Crippen LogP contribution in [0.25, 0.3) is 0 Å². The van der Waals surface area contributed by atoms with E-state index in [4.69, 9.17) is 0 Å². The Labute approximate surface area is 136 Å². The summed E-state index contributed by atoms with van der Waals surface area (Å²) in [6.07, 6.45) is 4.09. The lowest BCUT2D eigenvalue weighted by molar-refractivity contribution is 0.332. The molecule has 2 heterocycles. The number of benzene rings is 1. The second kappa shape index (κ2) is 6.94. The zero-order chi connectivity index (χ0) is 15.4. The molecule has 0 bridgehead atoms. The number of sulfonamides is 1. The molecular formula is C17H21NO2S2. The quantitative estimate of drug-likeness (QED) is 0.840. The maximum Gasteiger partial charge on any atom is 0.218 e. The van der Waals surface area contributed by atoms with E-state index in [-0.39, 0.29) is 11.8 Å². The first kappa shape index (κ1) is 15.7. The van der Waals surface area contributed by atoms with E-state index in [0.717, 1.165) is 31.2 Å². The summed E-state index contributed by atoms with van der Waals surface area (Å²) in [4.78, 5) is 1.17. The molecule has 1 aliphatic rings. The van der Waals surface area contributed by atoms with Crippen LogP contribution in [-0.2, 0) is 15.8 Å². The third kappa shape index (κ3) is 3.59. The molecule has 5 heteroatoms. The lowest BCUT2D eigenvalue weighted by Crippen LogP contribution is -2.35. The van der Waals surface area contributed by atoms with Crippen LogP contribution in [0.15, 0.2) is 47.8 Å². The van der Waals surface area contributed by atoms with Crippen LogP contribution in [0.3, 0.4) is 0 Å². The van der Waals surface area contributed by atoms with Crippen molar-refractivity contribution in [2.45, 2.75) is 37.5 Å². The van der Waals surface area contributed by atoms with E-state index in [1.54, 1.807) is 15.6 Å². The summed E-state index contributed by atoms with van der Waals surface area (Å²) in [7, 11) is -3.29. The number of thiophene rings is 1. The Bertz CT molecular complexity index is 681. The van der Waals surface area contributed by atoms with E-state index < -0.39 is 10.0 Å². The smallest absolute Gasteiger partial charge is 0.212 e. The van der Waals surface area contributed by atoms with Crippen molar-refractivity contribution in [3.63, 3.8) is 0 Å². The van der Waals surface area contributed by atoms with Gasteiger partial charge >= 0.3 is 0 Å². The second-order valence-electron chi connectivity index (χ2n) is 5.73. The molecule has 2 aromatic rings. The molecule has 0 saturated carbocycles. The predicted molar refractivity (Wildman–Crippen MR) is 91.3 cm³/mol. The first-order valence-corrected chi connectivity index (χ1v) is 10.2. The van der Waals surface area contributed by atoms with Gasteiger partial charge in [-0.1, -0.05) is 49.2 Å². The van der Waals surface area contributed by atoms with Crippen LogP contribution in [0.5, 0.6) is 0 Å². The Morgan fingerprint density at radius 3 is 2.59 bits per heavy atom. The highest BCUT2D eigenvalue weighted by molar-refractivity contribution is 7.88. The van der Waals surface area contributed by atoms with Gasteiger partial charge in [-0.2, -0.15) is 4.31 Å². The van der Waals surface area contributed by atoms with Crippen LogP contribution < -0.4 is 0 Å². The highest BCUT2D eigenvalue weighted by atomic mass is 32.2. The Kier molecular flexibility index (Phi) is 4.96. The SMILES string of the molecule is O=S(=O)(Cc1ccccc1)N1CCCCC[C@H]1c1cccs1. The lowest BCUT2D eigenvalue weighted by atomic mass is 10.1. The van der Waals surface area contributed by atoms with Crippen molar-refractivity contribution in [3.05, 3.63) is 58.3 Å². The van der Waals surface area contributed by atoms with Crippen LogP contribution in [0.4, 0.5) is 0 Å². The molecule has 1 aromatic heterocycles. The largest absolute Gasteiger partial charge is 0.218 e. The van der Waals surface area contributed by atoms with Gasteiger partial charge in [-0.05, 0) is 29.9 Å². The maximum atomic E-state index is 12.9.